The lowest BCUT2D eigenvalue weighted by Gasteiger charge is -2.28. The number of methoxy groups -OCH3 is 2. The summed E-state index contributed by atoms with van der Waals surface area (Å²) in [7, 11) is 3.03. The Morgan fingerprint density at radius 1 is 0.820 bits per heavy atom. The normalized spacial score (nSPS) is 11.9. The van der Waals surface area contributed by atoms with E-state index in [0.29, 0.717) is 22.6 Å². The number of hydrogen-bond donors (Lipinski definition) is 0. The fraction of sp³-hybridized carbons (Fsp3) is 0.306. The Balaban J connectivity index is 1.78. The molecule has 0 atom stereocenters. The first-order valence-electron chi connectivity index (χ1n) is 15.3. The predicted octanol–water partition coefficient (Wildman–Crippen LogP) is 10.1. The summed E-state index contributed by atoms with van der Waals surface area (Å²) in [6.07, 6.45) is -3.47. The molecule has 14 heteroatoms. The van der Waals surface area contributed by atoms with Crippen molar-refractivity contribution in [2.45, 2.75) is 57.7 Å². The number of rotatable bonds is 10. The predicted molar refractivity (Wildman–Crippen MR) is 185 cm³/mol. The van der Waals surface area contributed by atoms with Gasteiger partial charge >= 0.3 is 6.18 Å². The summed E-state index contributed by atoms with van der Waals surface area (Å²) in [6, 6.07) is 15.1. The maximum Gasteiger partial charge on any atom is 0.418 e. The first-order chi connectivity index (χ1) is 23.5. The van der Waals surface area contributed by atoms with Crippen LogP contribution < -0.4 is 19.1 Å². The molecule has 3 aromatic carbocycles. The van der Waals surface area contributed by atoms with Gasteiger partial charge in [0.15, 0.2) is 22.6 Å². The van der Waals surface area contributed by atoms with E-state index in [2.05, 4.69) is 15.0 Å². The van der Waals surface area contributed by atoms with Crippen molar-refractivity contribution < 1.29 is 36.2 Å². The van der Waals surface area contributed by atoms with Crippen molar-refractivity contribution in [1.29, 1.82) is 0 Å². The average molecular weight is 733 g/mol. The maximum absolute atomic E-state index is 16.7. The molecule has 0 N–H and O–H groups in total. The third-order valence-corrected chi connectivity index (χ3v) is 8.50. The number of alkyl halides is 3. The van der Waals surface area contributed by atoms with Crippen LogP contribution >= 0.6 is 23.4 Å². The minimum Gasteiger partial charge on any atom is -0.497 e. The highest BCUT2D eigenvalue weighted by molar-refractivity contribution is 7.98. The molecule has 5 rings (SSSR count). The van der Waals surface area contributed by atoms with Crippen molar-refractivity contribution in [1.82, 2.24) is 15.0 Å². The highest BCUT2D eigenvalue weighted by Crippen LogP contribution is 2.46. The Bertz CT molecular complexity index is 1970. The largest absolute Gasteiger partial charge is 0.497 e. The number of halogens is 6. The molecule has 0 saturated heterocycles. The number of anilines is 1. The second-order valence-corrected chi connectivity index (χ2v) is 13.5. The van der Waals surface area contributed by atoms with E-state index in [9.17, 15) is 13.2 Å². The Kier molecular flexibility index (Phi) is 10.7. The van der Waals surface area contributed by atoms with Crippen LogP contribution in [0.2, 0.25) is 5.02 Å². The lowest BCUT2D eigenvalue weighted by Crippen LogP contribution is -2.26. The van der Waals surface area contributed by atoms with Crippen LogP contribution in [-0.4, -0.2) is 41.0 Å². The van der Waals surface area contributed by atoms with E-state index in [0.717, 1.165) is 18.7 Å². The quantitative estimate of drug-likeness (QED) is 0.0799. The van der Waals surface area contributed by atoms with Gasteiger partial charge in [-0.2, -0.15) is 18.2 Å². The lowest BCUT2D eigenvalue weighted by atomic mass is 9.98. The van der Waals surface area contributed by atoms with Crippen LogP contribution in [0.15, 0.2) is 59.8 Å². The summed E-state index contributed by atoms with van der Waals surface area (Å²) in [6.45, 7) is 6.32. The molecule has 7 nitrogen and oxygen atoms in total. The van der Waals surface area contributed by atoms with E-state index >= 15 is 8.78 Å². The van der Waals surface area contributed by atoms with Gasteiger partial charge in [0.05, 0.1) is 41.4 Å². The molecule has 2 aromatic heterocycles. The van der Waals surface area contributed by atoms with E-state index in [1.807, 2.05) is 0 Å². The van der Waals surface area contributed by atoms with Crippen molar-refractivity contribution in [3.05, 3.63) is 93.5 Å². The zero-order valence-electron chi connectivity index (χ0n) is 28.3. The van der Waals surface area contributed by atoms with Gasteiger partial charge in [0.1, 0.15) is 22.6 Å². The van der Waals surface area contributed by atoms with Crippen molar-refractivity contribution in [3.8, 4) is 28.6 Å². The number of nitrogens with zero attached hydrogens (tertiary/aromatic N) is 4. The van der Waals surface area contributed by atoms with Gasteiger partial charge in [-0.15, -0.1) is 0 Å². The molecule has 50 heavy (non-hydrogen) atoms. The highest BCUT2D eigenvalue weighted by atomic mass is 35.5. The number of thioether (sulfide) groups is 1. The fourth-order valence-corrected chi connectivity index (χ4v) is 5.97. The number of ether oxygens (including phenoxy) is 3. The van der Waals surface area contributed by atoms with Crippen LogP contribution in [0.1, 0.15) is 43.0 Å². The molecule has 0 spiro atoms. The van der Waals surface area contributed by atoms with E-state index in [4.69, 9.17) is 25.8 Å². The lowest BCUT2D eigenvalue weighted by molar-refractivity contribution is -0.137. The Hall–Kier alpha value is -4.36. The summed E-state index contributed by atoms with van der Waals surface area (Å²) in [5, 5.41) is -0.243. The zero-order chi connectivity index (χ0) is 36.5. The molecule has 0 unspecified atom stereocenters. The molecule has 0 bridgehead atoms. The van der Waals surface area contributed by atoms with Crippen molar-refractivity contribution in [2.24, 2.45) is 0 Å². The minimum atomic E-state index is -5.14. The van der Waals surface area contributed by atoms with E-state index in [1.54, 1.807) is 75.6 Å². The standard InChI is InChI=1S/C36H34ClF5N4O3S/c1-19-27(36(40,41)42)31(26-25(37)16-24-30(29(26)39)44-34(50-7)45-33(24)49-35(2,3)4)43-32(28(19)38)46(17-20-8-12-22(47-5)13-9-20)18-21-10-14-23(48-6)15-11-21/h8-16H,17-18H2,1-7H3. The number of fused-ring (bicyclic) bond motifs is 1. The molecular formula is C36H34ClF5N4O3S. The number of benzene rings is 3. The highest BCUT2D eigenvalue weighted by Gasteiger charge is 2.41. The SMILES string of the molecule is COc1ccc(CN(Cc2ccc(OC)cc2)c2nc(-c3c(Cl)cc4c(OC(C)(C)C)nc(SC)nc4c3F)c(C(F)(F)F)c(C)c2F)cc1. The fourth-order valence-electron chi connectivity index (χ4n) is 5.34. The topological polar surface area (TPSA) is 69.6 Å². The monoisotopic (exact) mass is 732 g/mol. The maximum atomic E-state index is 16.7. The van der Waals surface area contributed by atoms with Gasteiger partial charge in [-0.05, 0) is 75.4 Å². The van der Waals surface area contributed by atoms with Gasteiger partial charge in [-0.3, -0.25) is 0 Å². The second-order valence-electron chi connectivity index (χ2n) is 12.3. The average Bonchev–Trinajstić information content (AvgIpc) is 3.05. The Morgan fingerprint density at radius 3 is 1.82 bits per heavy atom. The molecule has 5 aromatic rings. The second kappa shape index (κ2) is 14.5. The third-order valence-electron chi connectivity index (χ3n) is 7.65. The van der Waals surface area contributed by atoms with Gasteiger partial charge in [0.2, 0.25) is 5.88 Å². The van der Waals surface area contributed by atoms with Gasteiger partial charge < -0.3 is 19.1 Å². The van der Waals surface area contributed by atoms with Gasteiger partial charge in [0, 0.05) is 18.7 Å². The van der Waals surface area contributed by atoms with Gasteiger partial charge in [-0.1, -0.05) is 47.6 Å². The van der Waals surface area contributed by atoms with Crippen LogP contribution in [0, 0.1) is 18.6 Å². The number of aromatic nitrogens is 3. The Labute approximate surface area is 295 Å². The smallest absolute Gasteiger partial charge is 0.418 e. The molecule has 264 valence electrons. The summed E-state index contributed by atoms with van der Waals surface area (Å²) in [5.74, 6) is -1.66. The summed E-state index contributed by atoms with van der Waals surface area (Å²) in [4.78, 5) is 14.3. The van der Waals surface area contributed by atoms with Crippen LogP contribution in [0.3, 0.4) is 0 Å². The summed E-state index contributed by atoms with van der Waals surface area (Å²) >= 11 is 7.72. The number of hydrogen-bond acceptors (Lipinski definition) is 8. The van der Waals surface area contributed by atoms with Crippen LogP contribution in [0.4, 0.5) is 27.8 Å². The van der Waals surface area contributed by atoms with Crippen molar-refractivity contribution >= 4 is 40.1 Å². The zero-order valence-corrected chi connectivity index (χ0v) is 29.9. The van der Waals surface area contributed by atoms with E-state index < -0.39 is 56.6 Å². The first-order valence-corrected chi connectivity index (χ1v) is 16.9. The first kappa shape index (κ1) is 36.9. The third kappa shape index (κ3) is 7.83. The molecule has 0 aliphatic carbocycles. The summed E-state index contributed by atoms with van der Waals surface area (Å²) < 4.78 is 94.0. The molecule has 0 aliphatic heterocycles. The molecule has 0 amide bonds. The van der Waals surface area contributed by atoms with Gasteiger partial charge in [-0.25, -0.2) is 18.7 Å². The van der Waals surface area contributed by atoms with Crippen molar-refractivity contribution in [3.63, 3.8) is 0 Å². The van der Waals surface area contributed by atoms with E-state index in [1.165, 1.54) is 25.2 Å². The van der Waals surface area contributed by atoms with Crippen LogP contribution in [0.5, 0.6) is 17.4 Å². The molecule has 0 fully saturated rings. The Morgan fingerprint density at radius 2 is 1.36 bits per heavy atom. The molecule has 2 heterocycles. The van der Waals surface area contributed by atoms with E-state index in [-0.39, 0.29) is 35.0 Å². The van der Waals surface area contributed by atoms with Crippen molar-refractivity contribution in [2.75, 3.05) is 25.4 Å². The minimum absolute atomic E-state index is 0.00402. The molecule has 0 aliphatic rings. The molecular weight excluding hydrogens is 699 g/mol. The molecule has 0 radical (unpaired) electrons. The summed E-state index contributed by atoms with van der Waals surface area (Å²) in [5.41, 5.74) is -3.52. The van der Waals surface area contributed by atoms with Crippen LogP contribution in [-0.2, 0) is 19.3 Å². The molecule has 0 saturated carbocycles. The van der Waals surface area contributed by atoms with Crippen LogP contribution in [0.25, 0.3) is 22.2 Å². The number of pyridine rings is 1. The van der Waals surface area contributed by atoms with Gasteiger partial charge in [0.25, 0.3) is 0 Å².